The van der Waals surface area contributed by atoms with E-state index in [1.165, 1.54) is 0 Å². The van der Waals surface area contributed by atoms with E-state index in [2.05, 4.69) is 0 Å². The Bertz CT molecular complexity index is 292. The van der Waals surface area contributed by atoms with Gasteiger partial charge in [-0.05, 0) is 12.2 Å². The molecule has 3 heteroatoms. The summed E-state index contributed by atoms with van der Waals surface area (Å²) in [6.45, 7) is 0. The van der Waals surface area contributed by atoms with Crippen LogP contribution in [0.15, 0.2) is 23.8 Å². The minimum atomic E-state index is -0.401. The van der Waals surface area contributed by atoms with Crippen LogP contribution < -0.4 is 0 Å². The van der Waals surface area contributed by atoms with Gasteiger partial charge in [-0.15, -0.1) is 0 Å². The van der Waals surface area contributed by atoms with Crippen molar-refractivity contribution < 1.29 is 9.59 Å². The average molecular weight is 149 g/mol. The molecule has 1 aliphatic carbocycles. The Kier molecular flexibility index (Phi) is 2.94. The van der Waals surface area contributed by atoms with Crippen molar-refractivity contribution in [3.05, 3.63) is 23.8 Å². The minimum absolute atomic E-state index is 0. The van der Waals surface area contributed by atoms with Crippen LogP contribution in [0.4, 0.5) is 0 Å². The molecule has 0 aromatic heterocycles. The van der Waals surface area contributed by atoms with Gasteiger partial charge in [-0.1, -0.05) is 7.43 Å². The third-order valence-corrected chi connectivity index (χ3v) is 1.07. The average Bonchev–Trinajstić information content (AvgIpc) is 1.94. The molecule has 0 spiro atoms. The number of nitriles is 1. The van der Waals surface area contributed by atoms with Crippen LogP contribution in [0.3, 0.4) is 0 Å². The number of hydrogen-bond acceptors (Lipinski definition) is 3. The fourth-order valence-corrected chi connectivity index (χ4v) is 0.596. The molecule has 11 heavy (non-hydrogen) atoms. The van der Waals surface area contributed by atoms with Crippen LogP contribution in [0.1, 0.15) is 7.43 Å². The van der Waals surface area contributed by atoms with Gasteiger partial charge in [0, 0.05) is 6.08 Å². The van der Waals surface area contributed by atoms with Gasteiger partial charge in [-0.3, -0.25) is 9.59 Å². The first-order valence-electron chi connectivity index (χ1n) is 2.62. The van der Waals surface area contributed by atoms with Gasteiger partial charge < -0.3 is 0 Å². The first kappa shape index (κ1) is 9.31. The van der Waals surface area contributed by atoms with Crippen LogP contribution in [0.5, 0.6) is 0 Å². The van der Waals surface area contributed by atoms with Gasteiger partial charge in [0.15, 0.2) is 11.6 Å². The number of carbonyl (C=O) groups excluding carboxylic acids is 2. The van der Waals surface area contributed by atoms with Gasteiger partial charge in [0.1, 0.15) is 11.6 Å². The number of hydrogen-bond donors (Lipinski definition) is 0. The number of carbonyl (C=O) groups is 2. The summed E-state index contributed by atoms with van der Waals surface area (Å²) in [4.78, 5) is 21.2. The predicted octanol–water partition coefficient (Wildman–Crippen LogP) is 0.780. The maximum absolute atomic E-state index is 10.6. The molecule has 0 unspecified atom stereocenters. The Hall–Kier alpha value is -1.69. The number of ketones is 2. The second-order valence-corrected chi connectivity index (χ2v) is 1.77. The molecule has 0 heterocycles. The van der Waals surface area contributed by atoms with Crippen LogP contribution in [0.2, 0.25) is 0 Å². The van der Waals surface area contributed by atoms with E-state index in [0.717, 1.165) is 18.2 Å². The molecule has 1 rings (SSSR count). The summed E-state index contributed by atoms with van der Waals surface area (Å²) in [5.74, 6) is -0.710. The highest BCUT2D eigenvalue weighted by Gasteiger charge is 2.11. The van der Waals surface area contributed by atoms with Crippen molar-refractivity contribution in [1.29, 1.82) is 5.26 Å². The van der Waals surface area contributed by atoms with Gasteiger partial charge in [-0.2, -0.15) is 5.26 Å². The Morgan fingerprint density at radius 2 is 1.91 bits per heavy atom. The topological polar surface area (TPSA) is 57.9 Å². The summed E-state index contributed by atoms with van der Waals surface area (Å²) >= 11 is 0. The molecule has 0 radical (unpaired) electrons. The van der Waals surface area contributed by atoms with Gasteiger partial charge >= 0.3 is 0 Å². The maximum atomic E-state index is 10.6. The lowest BCUT2D eigenvalue weighted by molar-refractivity contribution is -0.114. The van der Waals surface area contributed by atoms with Crippen LogP contribution in [0, 0.1) is 11.3 Å². The molecule has 0 saturated heterocycles. The Morgan fingerprint density at radius 3 is 2.36 bits per heavy atom. The van der Waals surface area contributed by atoms with Gasteiger partial charge in [-0.25, -0.2) is 0 Å². The monoisotopic (exact) mass is 149 g/mol. The zero-order valence-electron chi connectivity index (χ0n) is 5.00. The second kappa shape index (κ2) is 3.47. The standard InChI is InChI=1S/C7H3NO2.CH4/c8-4-5-3-6(9)1-2-7(5)10;/h1-3H;1H4. The highest BCUT2D eigenvalue weighted by atomic mass is 16.1. The molecule has 56 valence electrons. The molecule has 3 nitrogen and oxygen atoms in total. The summed E-state index contributed by atoms with van der Waals surface area (Å²) in [6, 6.07) is 1.62. The van der Waals surface area contributed by atoms with Crippen molar-refractivity contribution in [2.75, 3.05) is 0 Å². The number of rotatable bonds is 0. The van der Waals surface area contributed by atoms with Crippen molar-refractivity contribution in [2.24, 2.45) is 0 Å². The summed E-state index contributed by atoms with van der Waals surface area (Å²) < 4.78 is 0. The van der Waals surface area contributed by atoms with Gasteiger partial charge in [0.05, 0.1) is 0 Å². The highest BCUT2D eigenvalue weighted by Crippen LogP contribution is 2.02. The van der Waals surface area contributed by atoms with E-state index < -0.39 is 5.78 Å². The Labute approximate surface area is 64.6 Å². The van der Waals surface area contributed by atoms with E-state index >= 15 is 0 Å². The molecule has 0 aromatic carbocycles. The zero-order valence-corrected chi connectivity index (χ0v) is 5.00. The van der Waals surface area contributed by atoms with E-state index in [0.29, 0.717) is 0 Å². The second-order valence-electron chi connectivity index (χ2n) is 1.77. The maximum Gasteiger partial charge on any atom is 0.196 e. The lowest BCUT2D eigenvalue weighted by Crippen LogP contribution is -2.05. The van der Waals surface area contributed by atoms with Crippen LogP contribution in [-0.4, -0.2) is 11.6 Å². The first-order chi connectivity index (χ1) is 4.74. The molecule has 0 fully saturated rings. The van der Waals surface area contributed by atoms with Crippen molar-refractivity contribution in [1.82, 2.24) is 0 Å². The first-order valence-corrected chi connectivity index (χ1v) is 2.62. The van der Waals surface area contributed by atoms with Crippen LogP contribution in [-0.2, 0) is 9.59 Å². The molecular weight excluding hydrogens is 142 g/mol. The fourth-order valence-electron chi connectivity index (χ4n) is 0.596. The molecule has 0 N–H and O–H groups in total. The Morgan fingerprint density at radius 1 is 1.27 bits per heavy atom. The molecule has 0 aliphatic heterocycles. The smallest absolute Gasteiger partial charge is 0.196 e. The van der Waals surface area contributed by atoms with Crippen LogP contribution in [0.25, 0.3) is 0 Å². The fraction of sp³-hybridized carbons (Fsp3) is 0.125. The van der Waals surface area contributed by atoms with E-state index in [1.54, 1.807) is 6.07 Å². The van der Waals surface area contributed by atoms with Crippen molar-refractivity contribution >= 4 is 11.6 Å². The molecule has 0 amide bonds. The lowest BCUT2D eigenvalue weighted by Gasteiger charge is -1.94. The van der Waals surface area contributed by atoms with Crippen molar-refractivity contribution in [3.63, 3.8) is 0 Å². The molecule has 0 aromatic rings. The van der Waals surface area contributed by atoms with Gasteiger partial charge in [0.2, 0.25) is 0 Å². The molecular formula is C8H7NO2. The van der Waals surface area contributed by atoms with E-state index in [4.69, 9.17) is 5.26 Å². The largest absolute Gasteiger partial charge is 0.290 e. The molecule has 0 bridgehead atoms. The Balaban J connectivity index is 0.000001000. The van der Waals surface area contributed by atoms with Crippen molar-refractivity contribution in [3.8, 4) is 6.07 Å². The third-order valence-electron chi connectivity index (χ3n) is 1.07. The highest BCUT2D eigenvalue weighted by molar-refractivity contribution is 6.19. The normalized spacial score (nSPS) is 15.0. The van der Waals surface area contributed by atoms with E-state index in [-0.39, 0.29) is 18.8 Å². The molecule has 0 saturated carbocycles. The molecule has 1 aliphatic rings. The quantitative estimate of drug-likeness (QED) is 0.478. The predicted molar refractivity (Wildman–Crippen MR) is 39.6 cm³/mol. The van der Waals surface area contributed by atoms with Crippen LogP contribution >= 0.6 is 0 Å². The molecule has 0 atom stereocenters. The van der Waals surface area contributed by atoms with E-state index in [9.17, 15) is 9.59 Å². The lowest BCUT2D eigenvalue weighted by atomic mass is 10.1. The zero-order chi connectivity index (χ0) is 7.56. The SMILES string of the molecule is C.N#CC1=CC(=O)C=CC1=O. The number of allylic oxidation sites excluding steroid dienone is 4. The third kappa shape index (κ3) is 1.87. The summed E-state index contributed by atoms with van der Waals surface area (Å²) in [7, 11) is 0. The minimum Gasteiger partial charge on any atom is -0.290 e. The van der Waals surface area contributed by atoms with Gasteiger partial charge in [0.25, 0.3) is 0 Å². The van der Waals surface area contributed by atoms with E-state index in [1.807, 2.05) is 0 Å². The summed E-state index contributed by atoms with van der Waals surface area (Å²) in [5.41, 5.74) is -0.0903. The summed E-state index contributed by atoms with van der Waals surface area (Å²) in [5, 5.41) is 8.25. The van der Waals surface area contributed by atoms with Crippen molar-refractivity contribution in [2.45, 2.75) is 7.43 Å². The summed E-state index contributed by atoms with van der Waals surface area (Å²) in [6.07, 6.45) is 3.27. The number of nitrogens with zero attached hydrogens (tertiary/aromatic N) is 1.